The van der Waals surface area contributed by atoms with Gasteiger partial charge in [-0.2, -0.15) is 0 Å². The number of ether oxygens (including phenoxy) is 2. The van der Waals surface area contributed by atoms with E-state index in [-0.39, 0.29) is 5.75 Å². The molecule has 1 aromatic rings. The molecular formula is C21H35N3O4S. The molecule has 0 spiro atoms. The molecule has 1 unspecified atom stereocenters. The molecule has 2 rings (SSSR count). The van der Waals surface area contributed by atoms with Crippen LogP contribution in [0.25, 0.3) is 0 Å². The van der Waals surface area contributed by atoms with Crippen LogP contribution in [0.1, 0.15) is 38.3 Å². The van der Waals surface area contributed by atoms with Crippen molar-refractivity contribution < 1.29 is 17.9 Å². The van der Waals surface area contributed by atoms with Gasteiger partial charge in [0, 0.05) is 38.2 Å². The van der Waals surface area contributed by atoms with Gasteiger partial charge in [0.1, 0.15) is 5.75 Å². The number of nitrogens with one attached hydrogen (secondary N) is 2. The van der Waals surface area contributed by atoms with E-state index in [1.165, 1.54) is 0 Å². The second-order valence-electron chi connectivity index (χ2n) is 8.44. The van der Waals surface area contributed by atoms with Crippen molar-refractivity contribution in [3.63, 3.8) is 0 Å². The van der Waals surface area contributed by atoms with Gasteiger partial charge in [0.2, 0.25) is 0 Å². The van der Waals surface area contributed by atoms with Crippen LogP contribution in [-0.2, 0) is 21.1 Å². The Labute approximate surface area is 175 Å². The first-order chi connectivity index (χ1) is 13.6. The van der Waals surface area contributed by atoms with Crippen LogP contribution in [0.15, 0.2) is 23.2 Å². The first-order valence-electron chi connectivity index (χ1n) is 10.1. The second-order valence-corrected chi connectivity index (χ2v) is 11.3. The molecule has 1 aromatic carbocycles. The Kier molecular flexibility index (Phi) is 8.34. The van der Waals surface area contributed by atoms with Gasteiger partial charge in [0.15, 0.2) is 15.8 Å². The first-order valence-corrected chi connectivity index (χ1v) is 11.7. The van der Waals surface area contributed by atoms with Crippen LogP contribution < -0.4 is 15.4 Å². The van der Waals surface area contributed by atoms with Crippen LogP contribution in [0.5, 0.6) is 5.75 Å². The molecule has 7 nitrogen and oxygen atoms in total. The molecule has 1 atom stereocenters. The molecule has 0 amide bonds. The van der Waals surface area contributed by atoms with Crippen LogP contribution in [-0.4, -0.2) is 58.3 Å². The van der Waals surface area contributed by atoms with Gasteiger partial charge in [0.25, 0.3) is 0 Å². The summed E-state index contributed by atoms with van der Waals surface area (Å²) in [5.41, 5.74) is 2.17. The lowest BCUT2D eigenvalue weighted by Crippen LogP contribution is -2.41. The van der Waals surface area contributed by atoms with Crippen molar-refractivity contribution in [1.82, 2.24) is 10.6 Å². The van der Waals surface area contributed by atoms with Gasteiger partial charge in [-0.3, -0.25) is 4.99 Å². The minimum absolute atomic E-state index is 0.0551. The number of hydrogen-bond donors (Lipinski definition) is 2. The lowest BCUT2D eigenvalue weighted by Gasteiger charge is -2.20. The summed E-state index contributed by atoms with van der Waals surface area (Å²) in [6.07, 6.45) is 1.04. The minimum atomic E-state index is -3.17. The van der Waals surface area contributed by atoms with E-state index in [0.29, 0.717) is 31.6 Å². The highest BCUT2D eigenvalue weighted by atomic mass is 32.2. The number of nitrogens with zero attached hydrogens (tertiary/aromatic N) is 1. The van der Waals surface area contributed by atoms with E-state index in [0.717, 1.165) is 36.5 Å². The van der Waals surface area contributed by atoms with Crippen molar-refractivity contribution in [2.75, 3.05) is 39.2 Å². The number of benzene rings is 1. The fraction of sp³-hybridized carbons (Fsp3) is 0.667. The summed E-state index contributed by atoms with van der Waals surface area (Å²) in [6.45, 7) is 10.2. The average Bonchev–Trinajstić information content (AvgIpc) is 3.16. The maximum atomic E-state index is 12.2. The smallest absolute Gasteiger partial charge is 0.191 e. The average molecular weight is 426 g/mol. The first kappa shape index (κ1) is 23.5. The number of aryl methyl sites for hydroxylation is 1. The van der Waals surface area contributed by atoms with E-state index in [4.69, 9.17) is 9.47 Å². The highest BCUT2D eigenvalue weighted by molar-refractivity contribution is 7.92. The molecule has 1 fully saturated rings. The minimum Gasteiger partial charge on any atom is -0.493 e. The Morgan fingerprint density at radius 1 is 1.31 bits per heavy atom. The number of guanidine groups is 1. The summed E-state index contributed by atoms with van der Waals surface area (Å²) >= 11 is 0. The standard InChI is InChI=1S/C21H35N3O4S/c1-16-6-7-18(19(12-16)28-15-17-8-10-27-14-17)13-24-20(22-5)23-9-11-29(25,26)21(2,3)4/h6-7,12,17H,8-11,13-15H2,1-5H3,(H2,22,23,24). The number of sulfone groups is 1. The maximum absolute atomic E-state index is 12.2. The number of hydrogen-bond acceptors (Lipinski definition) is 5. The third kappa shape index (κ3) is 7.19. The number of rotatable bonds is 8. The predicted molar refractivity (Wildman–Crippen MR) is 117 cm³/mol. The largest absolute Gasteiger partial charge is 0.493 e. The lowest BCUT2D eigenvalue weighted by atomic mass is 10.1. The Morgan fingerprint density at radius 3 is 2.69 bits per heavy atom. The molecule has 1 saturated heterocycles. The monoisotopic (exact) mass is 425 g/mol. The van der Waals surface area contributed by atoms with Gasteiger partial charge < -0.3 is 20.1 Å². The van der Waals surface area contributed by atoms with E-state index in [9.17, 15) is 8.42 Å². The van der Waals surface area contributed by atoms with Crippen LogP contribution in [0.3, 0.4) is 0 Å². The third-order valence-electron chi connectivity index (χ3n) is 4.99. The van der Waals surface area contributed by atoms with Gasteiger partial charge in [-0.25, -0.2) is 8.42 Å². The van der Waals surface area contributed by atoms with Gasteiger partial charge >= 0.3 is 0 Å². The summed E-state index contributed by atoms with van der Waals surface area (Å²) in [7, 11) is -1.50. The molecule has 0 aliphatic carbocycles. The van der Waals surface area contributed by atoms with Crippen LogP contribution >= 0.6 is 0 Å². The highest BCUT2D eigenvalue weighted by Gasteiger charge is 2.28. The molecule has 2 N–H and O–H groups in total. The molecule has 0 radical (unpaired) electrons. The topological polar surface area (TPSA) is 89.0 Å². The Morgan fingerprint density at radius 2 is 2.07 bits per heavy atom. The highest BCUT2D eigenvalue weighted by Crippen LogP contribution is 2.22. The normalized spacial score (nSPS) is 18.0. The zero-order valence-electron chi connectivity index (χ0n) is 18.2. The van der Waals surface area contributed by atoms with Crippen molar-refractivity contribution >= 4 is 15.8 Å². The summed E-state index contributed by atoms with van der Waals surface area (Å²) in [5, 5.41) is 6.32. The van der Waals surface area contributed by atoms with E-state index in [2.05, 4.69) is 21.7 Å². The molecule has 0 aromatic heterocycles. The molecule has 0 saturated carbocycles. The molecule has 1 aliphatic heterocycles. The predicted octanol–water partition coefficient (Wildman–Crippen LogP) is 2.29. The zero-order valence-corrected chi connectivity index (χ0v) is 19.1. The molecule has 29 heavy (non-hydrogen) atoms. The number of aliphatic imine (C=N–C) groups is 1. The van der Waals surface area contributed by atoms with Crippen molar-refractivity contribution in [3.8, 4) is 5.75 Å². The van der Waals surface area contributed by atoms with E-state index < -0.39 is 14.6 Å². The van der Waals surface area contributed by atoms with Crippen LogP contribution in [0.2, 0.25) is 0 Å². The van der Waals surface area contributed by atoms with Gasteiger partial charge in [-0.1, -0.05) is 12.1 Å². The van der Waals surface area contributed by atoms with Crippen molar-refractivity contribution in [1.29, 1.82) is 0 Å². The SMILES string of the molecule is CN=C(NCCS(=O)(=O)C(C)(C)C)NCc1ccc(C)cc1OCC1CCOC1. The third-order valence-corrected chi connectivity index (χ3v) is 7.59. The van der Waals surface area contributed by atoms with E-state index in [1.54, 1.807) is 27.8 Å². The van der Waals surface area contributed by atoms with Crippen molar-refractivity contribution in [2.45, 2.75) is 45.4 Å². The summed E-state index contributed by atoms with van der Waals surface area (Å²) in [4.78, 5) is 4.18. The summed E-state index contributed by atoms with van der Waals surface area (Å²) < 4.78 is 35.2. The molecule has 1 aliphatic rings. The van der Waals surface area contributed by atoms with Gasteiger partial charge in [0.05, 0.1) is 23.7 Å². The van der Waals surface area contributed by atoms with E-state index in [1.807, 2.05) is 19.1 Å². The quantitative estimate of drug-likeness (QED) is 0.491. The van der Waals surface area contributed by atoms with E-state index >= 15 is 0 Å². The van der Waals surface area contributed by atoms with Crippen molar-refractivity contribution in [2.24, 2.45) is 10.9 Å². The summed E-state index contributed by atoms with van der Waals surface area (Å²) in [6, 6.07) is 6.13. The summed E-state index contributed by atoms with van der Waals surface area (Å²) in [5.74, 6) is 1.91. The lowest BCUT2D eigenvalue weighted by molar-refractivity contribution is 0.166. The molecule has 1 heterocycles. The zero-order chi connectivity index (χ0) is 21.5. The molecule has 0 bridgehead atoms. The van der Waals surface area contributed by atoms with Crippen molar-refractivity contribution in [3.05, 3.63) is 29.3 Å². The molecule has 8 heteroatoms. The van der Waals surface area contributed by atoms with Crippen LogP contribution in [0.4, 0.5) is 0 Å². The Bertz CT molecular complexity index is 795. The Balaban J connectivity index is 1.89. The van der Waals surface area contributed by atoms with Gasteiger partial charge in [-0.15, -0.1) is 0 Å². The fourth-order valence-electron chi connectivity index (χ4n) is 2.87. The fourth-order valence-corrected chi connectivity index (χ4v) is 3.86. The molecular weight excluding hydrogens is 390 g/mol. The van der Waals surface area contributed by atoms with Crippen LogP contribution in [0, 0.1) is 12.8 Å². The van der Waals surface area contributed by atoms with Gasteiger partial charge in [-0.05, 0) is 45.7 Å². The Hall–Kier alpha value is -1.80. The maximum Gasteiger partial charge on any atom is 0.191 e. The molecule has 164 valence electrons. The second kappa shape index (κ2) is 10.3.